The van der Waals surface area contributed by atoms with E-state index in [1.54, 1.807) is 14.2 Å². The molecule has 1 saturated carbocycles. The quantitative estimate of drug-likeness (QED) is 0.416. The summed E-state index contributed by atoms with van der Waals surface area (Å²) >= 11 is 5.88. The number of anilines is 1. The highest BCUT2D eigenvalue weighted by molar-refractivity contribution is 7.80. The fraction of sp³-hybridized carbons (Fsp3) is 0.385. The van der Waals surface area contributed by atoms with E-state index in [1.165, 1.54) is 19.3 Å². The minimum Gasteiger partial charge on any atom is -0.497 e. The van der Waals surface area contributed by atoms with Gasteiger partial charge in [-0.05, 0) is 67.7 Å². The molecule has 0 atom stereocenters. The van der Waals surface area contributed by atoms with Gasteiger partial charge in [-0.25, -0.2) is 0 Å². The molecule has 0 saturated heterocycles. The number of H-pyrrole nitrogens is 1. The summed E-state index contributed by atoms with van der Waals surface area (Å²) in [6.07, 6.45) is 5.71. The molecule has 0 aliphatic heterocycles. The molecule has 1 aliphatic carbocycles. The topological polar surface area (TPSA) is 66.6 Å². The van der Waals surface area contributed by atoms with Crippen LogP contribution >= 0.6 is 24.6 Å². The number of nitrogens with zero attached hydrogens (tertiary/aromatic N) is 1. The molecule has 182 valence electrons. The van der Waals surface area contributed by atoms with Crippen molar-refractivity contribution in [2.75, 3.05) is 19.5 Å². The number of hydrogen-bond donors (Lipinski definition) is 2. The highest BCUT2D eigenvalue weighted by Crippen LogP contribution is 2.31. The summed E-state index contributed by atoms with van der Waals surface area (Å²) in [4.78, 5) is 18.1. The molecule has 2 aromatic carbocycles. The van der Waals surface area contributed by atoms with Gasteiger partial charge in [0.2, 0.25) is 0 Å². The maximum absolute atomic E-state index is 12.9. The normalized spacial score (nSPS) is 13.7. The van der Waals surface area contributed by atoms with Crippen LogP contribution in [0.1, 0.15) is 43.2 Å². The lowest BCUT2D eigenvalue weighted by Crippen LogP contribution is -2.44. The maximum Gasteiger partial charge on any atom is 0.253 e. The number of methoxy groups -OCH3 is 2. The highest BCUT2D eigenvalue weighted by Gasteiger charge is 2.25. The van der Waals surface area contributed by atoms with Crippen molar-refractivity contribution in [3.05, 3.63) is 63.9 Å². The zero-order valence-electron chi connectivity index (χ0n) is 19.8. The molecule has 0 radical (unpaired) electrons. The number of aromatic nitrogens is 1. The molecule has 1 aromatic heterocycles. The van der Waals surface area contributed by atoms with Gasteiger partial charge < -0.3 is 24.7 Å². The molecule has 1 fully saturated rings. The number of benzene rings is 2. The zero-order chi connectivity index (χ0) is 23.4. The number of hydrogen-bond acceptors (Lipinski definition) is 4. The Labute approximate surface area is 212 Å². The van der Waals surface area contributed by atoms with Crippen molar-refractivity contribution in [3.63, 3.8) is 0 Å². The molecular weight excluding hydrogens is 470 g/mol. The third kappa shape index (κ3) is 5.83. The Morgan fingerprint density at radius 1 is 1.09 bits per heavy atom. The monoisotopic (exact) mass is 501 g/mol. The Hall–Kier alpha value is -2.77. The Kier molecular flexibility index (Phi) is 8.80. The van der Waals surface area contributed by atoms with E-state index in [1.807, 2.05) is 36.4 Å². The van der Waals surface area contributed by atoms with Crippen LogP contribution in [0.15, 0.2) is 47.3 Å². The van der Waals surface area contributed by atoms with E-state index in [9.17, 15) is 4.79 Å². The van der Waals surface area contributed by atoms with E-state index in [4.69, 9.17) is 21.7 Å². The van der Waals surface area contributed by atoms with Crippen molar-refractivity contribution >= 4 is 46.3 Å². The lowest BCUT2D eigenvalue weighted by Gasteiger charge is -2.36. The number of aryl methyl sites for hydroxylation is 1. The number of pyridine rings is 1. The van der Waals surface area contributed by atoms with E-state index in [0.29, 0.717) is 28.7 Å². The van der Waals surface area contributed by atoms with Crippen LogP contribution in [0.3, 0.4) is 0 Å². The maximum atomic E-state index is 12.9. The van der Waals surface area contributed by atoms with E-state index < -0.39 is 0 Å². The van der Waals surface area contributed by atoms with Crippen LogP contribution in [0.25, 0.3) is 10.9 Å². The van der Waals surface area contributed by atoms with Crippen LogP contribution in [0.4, 0.5) is 5.69 Å². The third-order valence-corrected chi connectivity index (χ3v) is 6.68. The van der Waals surface area contributed by atoms with Crippen LogP contribution in [0.5, 0.6) is 11.5 Å². The number of aromatic amines is 1. The van der Waals surface area contributed by atoms with E-state index in [2.05, 4.69) is 28.2 Å². The van der Waals surface area contributed by atoms with Crippen molar-refractivity contribution < 1.29 is 9.47 Å². The Morgan fingerprint density at radius 2 is 1.85 bits per heavy atom. The van der Waals surface area contributed by atoms with Crippen LogP contribution in [-0.2, 0) is 6.54 Å². The number of ether oxygens (including phenoxy) is 2. The predicted molar refractivity (Wildman–Crippen MR) is 145 cm³/mol. The SMILES string of the molecule is COc1ccc(NC(=S)N(Cc2cc3cc(C)ccc3[nH]c2=O)C2CCCCC2)c(OC)c1.Cl. The average molecular weight is 502 g/mol. The molecule has 2 N–H and O–H groups in total. The van der Waals surface area contributed by atoms with Gasteiger partial charge in [0.05, 0.1) is 26.5 Å². The van der Waals surface area contributed by atoms with E-state index >= 15 is 0 Å². The first-order valence-electron chi connectivity index (χ1n) is 11.4. The molecule has 0 unspecified atom stereocenters. The number of fused-ring (bicyclic) bond motifs is 1. The standard InChI is InChI=1S/C26H31N3O3S.ClH/c1-17-9-11-22-18(13-17)14-19(25(30)27-22)16-29(20-7-5-4-6-8-20)26(33)28-23-12-10-21(31-2)15-24(23)32-3;/h9-15,20H,4-8,16H2,1-3H3,(H,27,30)(H,28,33);1H. The van der Waals surface area contributed by atoms with Crippen molar-refractivity contribution in [1.82, 2.24) is 9.88 Å². The molecule has 8 heteroatoms. The first-order chi connectivity index (χ1) is 16.0. The smallest absolute Gasteiger partial charge is 0.253 e. The molecular formula is C26H32ClN3O3S. The molecule has 6 nitrogen and oxygen atoms in total. The molecule has 34 heavy (non-hydrogen) atoms. The second-order valence-electron chi connectivity index (χ2n) is 8.63. The van der Waals surface area contributed by atoms with Crippen molar-refractivity contribution in [1.29, 1.82) is 0 Å². The molecule has 3 aromatic rings. The number of thiocarbonyl (C=S) groups is 1. The minimum atomic E-state index is -0.0722. The van der Waals surface area contributed by atoms with Gasteiger partial charge in [-0.15, -0.1) is 12.4 Å². The lowest BCUT2D eigenvalue weighted by molar-refractivity contribution is 0.240. The van der Waals surface area contributed by atoms with Gasteiger partial charge in [0.1, 0.15) is 11.5 Å². The van der Waals surface area contributed by atoms with Gasteiger partial charge >= 0.3 is 0 Å². The van der Waals surface area contributed by atoms with Gasteiger partial charge in [0, 0.05) is 23.2 Å². The van der Waals surface area contributed by atoms with Gasteiger partial charge in [-0.2, -0.15) is 0 Å². The van der Waals surface area contributed by atoms with Crippen molar-refractivity contribution in [3.8, 4) is 11.5 Å². The van der Waals surface area contributed by atoms with Gasteiger partial charge in [0.15, 0.2) is 5.11 Å². The van der Waals surface area contributed by atoms with Crippen LogP contribution in [0, 0.1) is 6.92 Å². The van der Waals surface area contributed by atoms with Crippen LogP contribution in [-0.4, -0.2) is 35.3 Å². The Bertz CT molecular complexity index is 1210. The summed E-state index contributed by atoms with van der Waals surface area (Å²) < 4.78 is 10.8. The summed E-state index contributed by atoms with van der Waals surface area (Å²) in [6, 6.07) is 13.9. The van der Waals surface area contributed by atoms with Crippen LogP contribution < -0.4 is 20.3 Å². The average Bonchev–Trinajstić information content (AvgIpc) is 2.83. The third-order valence-electron chi connectivity index (χ3n) is 6.34. The second kappa shape index (κ2) is 11.6. The Morgan fingerprint density at radius 3 is 2.56 bits per heavy atom. The Balaban J connectivity index is 0.00000324. The molecule has 1 heterocycles. The van der Waals surface area contributed by atoms with Crippen molar-refractivity contribution in [2.45, 2.75) is 51.6 Å². The second-order valence-corrected chi connectivity index (χ2v) is 9.02. The van der Waals surface area contributed by atoms with Gasteiger partial charge in [-0.3, -0.25) is 4.79 Å². The van der Waals surface area contributed by atoms with E-state index in [0.717, 1.165) is 35.0 Å². The molecule has 0 bridgehead atoms. The molecule has 1 aliphatic rings. The predicted octanol–water partition coefficient (Wildman–Crippen LogP) is 5.81. The number of halogens is 1. The summed E-state index contributed by atoms with van der Waals surface area (Å²) in [7, 11) is 3.25. The summed E-state index contributed by atoms with van der Waals surface area (Å²) in [6.45, 7) is 2.51. The summed E-state index contributed by atoms with van der Waals surface area (Å²) in [5.74, 6) is 1.37. The number of nitrogens with one attached hydrogen (secondary N) is 2. The zero-order valence-corrected chi connectivity index (χ0v) is 21.5. The first kappa shape index (κ1) is 25.8. The van der Waals surface area contributed by atoms with Crippen molar-refractivity contribution in [2.24, 2.45) is 0 Å². The van der Waals surface area contributed by atoms with Gasteiger partial charge in [0.25, 0.3) is 5.56 Å². The first-order valence-corrected chi connectivity index (χ1v) is 11.8. The minimum absolute atomic E-state index is 0. The van der Waals surface area contributed by atoms with E-state index in [-0.39, 0.29) is 24.0 Å². The molecule has 0 spiro atoms. The largest absolute Gasteiger partial charge is 0.497 e. The highest BCUT2D eigenvalue weighted by atomic mass is 35.5. The summed E-state index contributed by atoms with van der Waals surface area (Å²) in [5.41, 5.74) is 3.42. The van der Waals surface area contributed by atoms with Crippen LogP contribution in [0.2, 0.25) is 0 Å². The fourth-order valence-corrected chi connectivity index (χ4v) is 4.84. The number of rotatable bonds is 6. The fourth-order valence-electron chi connectivity index (χ4n) is 4.52. The molecule has 4 rings (SSSR count). The lowest BCUT2D eigenvalue weighted by atomic mass is 9.94. The van der Waals surface area contributed by atoms with Gasteiger partial charge in [-0.1, -0.05) is 30.9 Å². The summed E-state index contributed by atoms with van der Waals surface area (Å²) in [5, 5.41) is 4.98. The molecule has 0 amide bonds.